The van der Waals surface area contributed by atoms with Gasteiger partial charge in [0, 0.05) is 25.6 Å². The van der Waals surface area contributed by atoms with E-state index in [4.69, 9.17) is 0 Å². The number of pyridine rings is 1. The fraction of sp³-hybridized carbons (Fsp3) is 0.154. The number of Topliss-reactive ketones (excluding diaryl/α,β-unsaturated/α-hetero) is 1. The predicted molar refractivity (Wildman–Crippen MR) is 66.4 cm³/mol. The van der Waals surface area contributed by atoms with Gasteiger partial charge in [0.25, 0.3) is 0 Å². The molecule has 0 aliphatic rings. The van der Waals surface area contributed by atoms with E-state index in [1.165, 1.54) is 0 Å². The maximum absolute atomic E-state index is 12.2. The molecule has 5 heteroatoms. The minimum absolute atomic E-state index is 0.0329. The van der Waals surface area contributed by atoms with Crippen LogP contribution in [-0.2, 0) is 13.5 Å². The van der Waals surface area contributed by atoms with Gasteiger partial charge in [0.15, 0.2) is 5.78 Å². The summed E-state index contributed by atoms with van der Waals surface area (Å²) < 4.78 is 3.55. The molecule has 0 N–H and O–H groups in total. The number of hydrogen-bond donors (Lipinski definition) is 0. The zero-order valence-corrected chi connectivity index (χ0v) is 9.95. The number of carbonyl (C=O) groups is 1. The molecular weight excluding hydrogens is 228 g/mol. The molecule has 3 rings (SSSR count). The summed E-state index contributed by atoms with van der Waals surface area (Å²) in [5, 5.41) is 4.16. The van der Waals surface area contributed by atoms with Gasteiger partial charge in [-0.15, -0.1) is 0 Å². The first-order chi connectivity index (χ1) is 8.75. The number of carbonyl (C=O) groups excluding carboxylic acids is 1. The average Bonchev–Trinajstić information content (AvgIpc) is 2.96. The van der Waals surface area contributed by atoms with Gasteiger partial charge >= 0.3 is 0 Å². The van der Waals surface area contributed by atoms with E-state index in [2.05, 4.69) is 10.1 Å². The summed E-state index contributed by atoms with van der Waals surface area (Å²) >= 11 is 0. The number of fused-ring (bicyclic) bond motifs is 1. The third-order valence-corrected chi connectivity index (χ3v) is 2.97. The lowest BCUT2D eigenvalue weighted by Crippen LogP contribution is -2.08. The largest absolute Gasteiger partial charge is 0.338 e. The maximum atomic E-state index is 12.2. The van der Waals surface area contributed by atoms with Crippen LogP contribution in [0.3, 0.4) is 0 Å². The first-order valence-corrected chi connectivity index (χ1v) is 5.67. The zero-order chi connectivity index (χ0) is 12.5. The minimum atomic E-state index is 0.0329. The quantitative estimate of drug-likeness (QED) is 0.652. The Bertz CT molecular complexity index is 710. The third kappa shape index (κ3) is 1.69. The van der Waals surface area contributed by atoms with E-state index in [-0.39, 0.29) is 5.78 Å². The molecular formula is C13H12N4O. The van der Waals surface area contributed by atoms with Crippen LogP contribution >= 0.6 is 0 Å². The fourth-order valence-electron chi connectivity index (χ4n) is 1.96. The molecule has 0 bridgehead atoms. The van der Waals surface area contributed by atoms with Crippen LogP contribution in [0.4, 0.5) is 0 Å². The fourth-order valence-corrected chi connectivity index (χ4v) is 1.96. The van der Waals surface area contributed by atoms with Gasteiger partial charge in [-0.25, -0.2) is 9.50 Å². The molecule has 0 saturated heterocycles. The van der Waals surface area contributed by atoms with Crippen molar-refractivity contribution in [3.05, 3.63) is 54.4 Å². The number of nitrogens with zero attached hydrogens (tertiary/aromatic N) is 4. The van der Waals surface area contributed by atoms with Gasteiger partial charge in [0.2, 0.25) is 0 Å². The van der Waals surface area contributed by atoms with Gasteiger partial charge in [-0.2, -0.15) is 5.10 Å². The Balaban J connectivity index is 1.95. The Hall–Kier alpha value is -2.43. The zero-order valence-electron chi connectivity index (χ0n) is 9.95. The number of aryl methyl sites for hydroxylation is 1. The van der Waals surface area contributed by atoms with Crippen LogP contribution in [-0.4, -0.2) is 24.9 Å². The standard InChI is InChI=1S/C13H12N4O/c1-16-7-5-14-13(16)8-12(18)10-9-15-17-6-3-2-4-11(10)17/h2-7,9H,8H2,1H3. The molecule has 3 heterocycles. The van der Waals surface area contributed by atoms with Crippen LogP contribution in [0.5, 0.6) is 0 Å². The van der Waals surface area contributed by atoms with E-state index in [9.17, 15) is 4.79 Å². The van der Waals surface area contributed by atoms with E-state index in [0.29, 0.717) is 12.0 Å². The molecule has 0 saturated carbocycles. The van der Waals surface area contributed by atoms with Gasteiger partial charge in [-0.05, 0) is 12.1 Å². The third-order valence-electron chi connectivity index (χ3n) is 2.97. The molecule has 3 aromatic heterocycles. The SMILES string of the molecule is Cn1ccnc1CC(=O)c1cnn2ccccc12. The van der Waals surface area contributed by atoms with Gasteiger partial charge in [0.05, 0.1) is 23.7 Å². The summed E-state index contributed by atoms with van der Waals surface area (Å²) in [6, 6.07) is 5.67. The Morgan fingerprint density at radius 3 is 3.00 bits per heavy atom. The molecule has 5 nitrogen and oxygen atoms in total. The Labute approximate surface area is 104 Å². The van der Waals surface area contributed by atoms with Crippen molar-refractivity contribution in [1.29, 1.82) is 0 Å². The topological polar surface area (TPSA) is 52.2 Å². The minimum Gasteiger partial charge on any atom is -0.338 e. The second-order valence-electron chi connectivity index (χ2n) is 4.14. The van der Waals surface area contributed by atoms with Crippen molar-refractivity contribution < 1.29 is 4.79 Å². The lowest BCUT2D eigenvalue weighted by Gasteiger charge is -2.00. The van der Waals surface area contributed by atoms with Gasteiger partial charge in [0.1, 0.15) is 5.82 Å². The van der Waals surface area contributed by atoms with Crippen molar-refractivity contribution in [2.45, 2.75) is 6.42 Å². The highest BCUT2D eigenvalue weighted by Gasteiger charge is 2.14. The summed E-state index contributed by atoms with van der Waals surface area (Å²) in [6.45, 7) is 0. The lowest BCUT2D eigenvalue weighted by atomic mass is 10.1. The number of rotatable bonds is 3. The van der Waals surface area contributed by atoms with Crippen molar-refractivity contribution in [2.75, 3.05) is 0 Å². The Kier molecular flexibility index (Phi) is 2.44. The van der Waals surface area contributed by atoms with Crippen LogP contribution < -0.4 is 0 Å². The smallest absolute Gasteiger partial charge is 0.174 e. The summed E-state index contributed by atoms with van der Waals surface area (Å²) in [7, 11) is 1.88. The average molecular weight is 240 g/mol. The van der Waals surface area contributed by atoms with E-state index >= 15 is 0 Å². The molecule has 90 valence electrons. The number of hydrogen-bond acceptors (Lipinski definition) is 3. The molecule has 0 aliphatic heterocycles. The molecule has 0 radical (unpaired) electrons. The maximum Gasteiger partial charge on any atom is 0.174 e. The van der Waals surface area contributed by atoms with Gasteiger partial charge in [-0.3, -0.25) is 4.79 Å². The van der Waals surface area contributed by atoms with Crippen LogP contribution in [0.25, 0.3) is 5.52 Å². The molecule has 3 aromatic rings. The van der Waals surface area contributed by atoms with Crippen LogP contribution in [0.1, 0.15) is 16.2 Å². The molecule has 0 unspecified atom stereocenters. The highest BCUT2D eigenvalue weighted by atomic mass is 16.1. The van der Waals surface area contributed by atoms with Crippen LogP contribution in [0, 0.1) is 0 Å². The Morgan fingerprint density at radius 2 is 2.22 bits per heavy atom. The molecule has 0 atom stereocenters. The van der Waals surface area contributed by atoms with E-state index < -0.39 is 0 Å². The number of aromatic nitrogens is 4. The monoisotopic (exact) mass is 240 g/mol. The van der Waals surface area contributed by atoms with Crippen molar-refractivity contribution in [3.63, 3.8) is 0 Å². The summed E-state index contributed by atoms with van der Waals surface area (Å²) in [6.07, 6.45) is 7.25. The second kappa shape index (κ2) is 4.10. The highest BCUT2D eigenvalue weighted by molar-refractivity contribution is 6.02. The normalized spacial score (nSPS) is 10.9. The van der Waals surface area contributed by atoms with E-state index in [1.807, 2.05) is 42.2 Å². The van der Waals surface area contributed by atoms with Gasteiger partial charge < -0.3 is 4.57 Å². The molecule has 0 aromatic carbocycles. The van der Waals surface area contributed by atoms with Crippen LogP contribution in [0.2, 0.25) is 0 Å². The summed E-state index contributed by atoms with van der Waals surface area (Å²) in [5.41, 5.74) is 1.47. The first-order valence-electron chi connectivity index (χ1n) is 5.67. The first kappa shape index (κ1) is 10.7. The number of ketones is 1. The Morgan fingerprint density at radius 1 is 1.33 bits per heavy atom. The molecule has 18 heavy (non-hydrogen) atoms. The van der Waals surface area contributed by atoms with Crippen LogP contribution in [0.15, 0.2) is 43.0 Å². The summed E-state index contributed by atoms with van der Waals surface area (Å²) in [4.78, 5) is 16.4. The van der Waals surface area contributed by atoms with E-state index in [1.54, 1.807) is 16.9 Å². The number of imidazole rings is 1. The summed E-state index contributed by atoms with van der Waals surface area (Å²) in [5.74, 6) is 0.792. The van der Waals surface area contributed by atoms with E-state index in [0.717, 1.165) is 11.3 Å². The molecule has 0 amide bonds. The molecule has 0 aliphatic carbocycles. The van der Waals surface area contributed by atoms with Crippen molar-refractivity contribution in [1.82, 2.24) is 19.2 Å². The van der Waals surface area contributed by atoms with Gasteiger partial charge in [-0.1, -0.05) is 6.07 Å². The second-order valence-corrected chi connectivity index (χ2v) is 4.14. The van der Waals surface area contributed by atoms with Crippen molar-refractivity contribution in [3.8, 4) is 0 Å². The molecule has 0 spiro atoms. The van der Waals surface area contributed by atoms with Crippen molar-refractivity contribution >= 4 is 11.3 Å². The van der Waals surface area contributed by atoms with Crippen molar-refractivity contribution in [2.24, 2.45) is 7.05 Å². The lowest BCUT2D eigenvalue weighted by molar-refractivity contribution is 0.0991. The molecule has 0 fully saturated rings. The highest BCUT2D eigenvalue weighted by Crippen LogP contribution is 2.12. The predicted octanol–water partition coefficient (Wildman–Crippen LogP) is 1.49.